The molecule has 0 aromatic heterocycles. The molecule has 0 radical (unpaired) electrons. The molecule has 3 rings (SSSR count). The molecular formula is C20H24N2O3S2. The van der Waals surface area contributed by atoms with Crippen LogP contribution in [-0.4, -0.2) is 44.0 Å². The van der Waals surface area contributed by atoms with Gasteiger partial charge in [0.1, 0.15) is 0 Å². The Morgan fingerprint density at radius 1 is 1.00 bits per heavy atom. The van der Waals surface area contributed by atoms with Crippen LogP contribution in [0.5, 0.6) is 0 Å². The zero-order chi connectivity index (χ0) is 19.1. The summed E-state index contributed by atoms with van der Waals surface area (Å²) in [5.41, 5.74) is 1.19. The van der Waals surface area contributed by atoms with Crippen molar-refractivity contribution in [1.82, 2.24) is 9.62 Å². The quantitative estimate of drug-likeness (QED) is 0.687. The highest BCUT2D eigenvalue weighted by Gasteiger charge is 2.26. The second-order valence-corrected chi connectivity index (χ2v) is 9.44. The van der Waals surface area contributed by atoms with Crippen molar-refractivity contribution in [2.75, 3.05) is 25.4 Å². The number of hydrogen-bond donors (Lipinski definition) is 1. The maximum Gasteiger partial charge on any atom is 0.243 e. The number of rotatable bonds is 8. The van der Waals surface area contributed by atoms with E-state index < -0.39 is 10.0 Å². The Morgan fingerprint density at radius 3 is 2.33 bits per heavy atom. The monoisotopic (exact) mass is 404 g/mol. The molecule has 1 saturated heterocycles. The topological polar surface area (TPSA) is 66.5 Å². The molecule has 0 aliphatic carbocycles. The lowest BCUT2D eigenvalue weighted by Gasteiger charge is -2.15. The van der Waals surface area contributed by atoms with E-state index >= 15 is 0 Å². The van der Waals surface area contributed by atoms with Gasteiger partial charge in [-0.15, -0.1) is 11.8 Å². The number of thioether (sulfide) groups is 1. The molecule has 2 aromatic carbocycles. The molecule has 0 atom stereocenters. The number of nitrogens with one attached hydrogen (secondary N) is 1. The van der Waals surface area contributed by atoms with Crippen LogP contribution >= 0.6 is 11.8 Å². The predicted octanol–water partition coefficient (Wildman–Crippen LogP) is 2.92. The first kappa shape index (κ1) is 19.9. The molecule has 0 bridgehead atoms. The number of benzene rings is 2. The van der Waals surface area contributed by atoms with E-state index in [1.54, 1.807) is 24.3 Å². The van der Waals surface area contributed by atoms with Crippen LogP contribution in [0.1, 0.15) is 18.4 Å². The lowest BCUT2D eigenvalue weighted by molar-refractivity contribution is -0.118. The molecular weight excluding hydrogens is 380 g/mol. The number of nitrogens with zero attached hydrogens (tertiary/aromatic N) is 1. The summed E-state index contributed by atoms with van der Waals surface area (Å²) in [6.07, 6.45) is 2.65. The molecule has 1 heterocycles. The van der Waals surface area contributed by atoms with E-state index in [1.807, 2.05) is 30.3 Å². The Balaban J connectivity index is 1.45. The summed E-state index contributed by atoms with van der Waals surface area (Å²) in [6.45, 7) is 1.81. The summed E-state index contributed by atoms with van der Waals surface area (Å²) < 4.78 is 26.5. The van der Waals surface area contributed by atoms with Gasteiger partial charge in [0.15, 0.2) is 0 Å². The molecule has 0 unspecified atom stereocenters. The molecule has 0 saturated carbocycles. The smallest absolute Gasteiger partial charge is 0.243 e. The Kier molecular flexibility index (Phi) is 6.93. The minimum atomic E-state index is -3.38. The average molecular weight is 405 g/mol. The molecule has 1 aliphatic heterocycles. The van der Waals surface area contributed by atoms with Crippen LogP contribution in [-0.2, 0) is 21.2 Å². The van der Waals surface area contributed by atoms with Crippen molar-refractivity contribution in [3.05, 3.63) is 60.2 Å². The van der Waals surface area contributed by atoms with E-state index in [0.29, 0.717) is 30.3 Å². The third-order valence-electron chi connectivity index (χ3n) is 4.48. The second kappa shape index (κ2) is 9.39. The molecule has 1 N–H and O–H groups in total. The first-order chi connectivity index (χ1) is 13.1. The highest BCUT2D eigenvalue weighted by molar-refractivity contribution is 8.00. The van der Waals surface area contributed by atoms with Crippen LogP contribution < -0.4 is 5.32 Å². The standard InChI is InChI=1S/C20H24N2O3S2/c23-20(21-13-12-17-6-2-1-3-7-17)16-26-18-8-10-19(11-9-18)27(24,25)22-14-4-5-15-22/h1-3,6-11H,4-5,12-16H2,(H,21,23). The summed E-state index contributed by atoms with van der Waals surface area (Å²) in [5.74, 6) is 0.289. The Bertz CT molecular complexity index is 847. The average Bonchev–Trinajstić information content (AvgIpc) is 3.23. The van der Waals surface area contributed by atoms with Crippen molar-refractivity contribution in [3.63, 3.8) is 0 Å². The minimum Gasteiger partial charge on any atom is -0.355 e. The number of hydrogen-bond acceptors (Lipinski definition) is 4. The van der Waals surface area contributed by atoms with E-state index in [1.165, 1.54) is 21.6 Å². The van der Waals surface area contributed by atoms with E-state index in [2.05, 4.69) is 5.32 Å². The van der Waals surface area contributed by atoms with Crippen molar-refractivity contribution in [3.8, 4) is 0 Å². The van der Waals surface area contributed by atoms with E-state index in [9.17, 15) is 13.2 Å². The molecule has 144 valence electrons. The highest BCUT2D eigenvalue weighted by Crippen LogP contribution is 2.24. The zero-order valence-corrected chi connectivity index (χ0v) is 16.8. The van der Waals surface area contributed by atoms with Crippen molar-refractivity contribution < 1.29 is 13.2 Å². The van der Waals surface area contributed by atoms with Gasteiger partial charge in [0.05, 0.1) is 10.6 Å². The molecule has 27 heavy (non-hydrogen) atoms. The maximum atomic E-state index is 12.5. The van der Waals surface area contributed by atoms with Gasteiger partial charge in [-0.3, -0.25) is 4.79 Å². The molecule has 1 amide bonds. The minimum absolute atomic E-state index is 0.0234. The van der Waals surface area contributed by atoms with Gasteiger partial charge in [-0.2, -0.15) is 4.31 Å². The van der Waals surface area contributed by atoms with Gasteiger partial charge >= 0.3 is 0 Å². The van der Waals surface area contributed by atoms with Gasteiger partial charge in [0.25, 0.3) is 0 Å². The van der Waals surface area contributed by atoms with Crippen LogP contribution in [0.2, 0.25) is 0 Å². The summed E-state index contributed by atoms with van der Waals surface area (Å²) in [4.78, 5) is 13.2. The van der Waals surface area contributed by atoms with E-state index in [0.717, 1.165) is 24.2 Å². The summed E-state index contributed by atoms with van der Waals surface area (Å²) in [5, 5.41) is 2.91. The van der Waals surface area contributed by atoms with Crippen molar-refractivity contribution in [1.29, 1.82) is 0 Å². The Morgan fingerprint density at radius 2 is 1.67 bits per heavy atom. The molecule has 7 heteroatoms. The Labute approximate surface area is 165 Å². The molecule has 0 spiro atoms. The SMILES string of the molecule is O=C(CSc1ccc(S(=O)(=O)N2CCCC2)cc1)NCCc1ccccc1. The molecule has 2 aromatic rings. The first-order valence-electron chi connectivity index (χ1n) is 9.09. The van der Waals surface area contributed by atoms with Gasteiger partial charge in [-0.05, 0) is 49.1 Å². The number of sulfonamides is 1. The van der Waals surface area contributed by atoms with Crippen molar-refractivity contribution >= 4 is 27.7 Å². The fourth-order valence-corrected chi connectivity index (χ4v) is 5.22. The second-order valence-electron chi connectivity index (χ2n) is 6.46. The molecule has 1 aliphatic rings. The molecule has 5 nitrogen and oxygen atoms in total. The van der Waals surface area contributed by atoms with Gasteiger partial charge in [-0.1, -0.05) is 30.3 Å². The van der Waals surface area contributed by atoms with Crippen molar-refractivity contribution in [2.45, 2.75) is 29.1 Å². The maximum absolute atomic E-state index is 12.5. The van der Waals surface area contributed by atoms with E-state index in [4.69, 9.17) is 0 Å². The molecule has 1 fully saturated rings. The van der Waals surface area contributed by atoms with Gasteiger partial charge in [-0.25, -0.2) is 8.42 Å². The summed E-state index contributed by atoms with van der Waals surface area (Å²) in [6, 6.07) is 16.8. The van der Waals surface area contributed by atoms with Crippen LogP contribution in [0.25, 0.3) is 0 Å². The summed E-state index contributed by atoms with van der Waals surface area (Å²) in [7, 11) is -3.38. The van der Waals surface area contributed by atoms with Gasteiger partial charge in [0.2, 0.25) is 15.9 Å². The normalized spacial score (nSPS) is 15.0. The van der Waals surface area contributed by atoms with Crippen molar-refractivity contribution in [2.24, 2.45) is 0 Å². The number of amides is 1. The lowest BCUT2D eigenvalue weighted by atomic mass is 10.1. The van der Waals surface area contributed by atoms with Gasteiger partial charge in [0, 0.05) is 24.5 Å². The first-order valence-corrected chi connectivity index (χ1v) is 11.5. The highest BCUT2D eigenvalue weighted by atomic mass is 32.2. The van der Waals surface area contributed by atoms with Crippen LogP contribution in [0.4, 0.5) is 0 Å². The van der Waals surface area contributed by atoms with Crippen LogP contribution in [0, 0.1) is 0 Å². The van der Waals surface area contributed by atoms with Crippen LogP contribution in [0.3, 0.4) is 0 Å². The van der Waals surface area contributed by atoms with Crippen LogP contribution in [0.15, 0.2) is 64.4 Å². The zero-order valence-electron chi connectivity index (χ0n) is 15.1. The fourth-order valence-electron chi connectivity index (χ4n) is 2.98. The van der Waals surface area contributed by atoms with E-state index in [-0.39, 0.29) is 5.91 Å². The van der Waals surface area contributed by atoms with Gasteiger partial charge < -0.3 is 5.32 Å². The number of carbonyl (C=O) groups is 1. The third kappa shape index (κ3) is 5.57. The largest absolute Gasteiger partial charge is 0.355 e. The Hall–Kier alpha value is -1.83. The lowest BCUT2D eigenvalue weighted by Crippen LogP contribution is -2.27. The predicted molar refractivity (Wildman–Crippen MR) is 108 cm³/mol. The fraction of sp³-hybridized carbons (Fsp3) is 0.350. The number of carbonyl (C=O) groups excluding carboxylic acids is 1. The summed E-state index contributed by atoms with van der Waals surface area (Å²) >= 11 is 1.41. The third-order valence-corrected chi connectivity index (χ3v) is 7.40.